The van der Waals surface area contributed by atoms with Gasteiger partial charge in [0.25, 0.3) is 0 Å². The molecule has 0 amide bonds. The van der Waals surface area contributed by atoms with Crippen LogP contribution in [0, 0.1) is 0 Å². The van der Waals surface area contributed by atoms with Crippen molar-refractivity contribution in [3.8, 4) is 0 Å². The number of aromatic amines is 1. The highest BCUT2D eigenvalue weighted by Crippen LogP contribution is 2.22. The summed E-state index contributed by atoms with van der Waals surface area (Å²) < 4.78 is 24.4. The molecule has 1 aliphatic heterocycles. The number of aromatic nitrogens is 2. The van der Waals surface area contributed by atoms with Gasteiger partial charge in [0.2, 0.25) is 10.0 Å². The van der Waals surface area contributed by atoms with E-state index in [2.05, 4.69) is 15.1 Å². The smallest absolute Gasteiger partial charge is 0.211 e. The fourth-order valence-corrected chi connectivity index (χ4v) is 2.86. The zero-order valence-electron chi connectivity index (χ0n) is 10.4. The number of fused-ring (bicyclic) bond motifs is 1. The average Bonchev–Trinajstić information content (AvgIpc) is 2.59. The van der Waals surface area contributed by atoms with Crippen molar-refractivity contribution in [3.05, 3.63) is 17.0 Å². The van der Waals surface area contributed by atoms with E-state index in [1.165, 1.54) is 16.1 Å². The van der Waals surface area contributed by atoms with Gasteiger partial charge in [0.1, 0.15) is 0 Å². The molecule has 6 nitrogen and oxygen atoms in total. The van der Waals surface area contributed by atoms with E-state index in [4.69, 9.17) is 0 Å². The van der Waals surface area contributed by atoms with Crippen molar-refractivity contribution in [3.63, 3.8) is 0 Å². The lowest BCUT2D eigenvalue weighted by Crippen LogP contribution is -2.35. The number of nitrogens with zero attached hydrogens (tertiary/aromatic N) is 3. The molecule has 1 N–H and O–H groups in total. The van der Waals surface area contributed by atoms with Crippen LogP contribution in [0.3, 0.4) is 0 Å². The Balaban J connectivity index is 2.21. The van der Waals surface area contributed by atoms with Crippen LogP contribution in [0.1, 0.15) is 17.0 Å². The predicted molar refractivity (Wildman–Crippen MR) is 64.9 cm³/mol. The summed E-state index contributed by atoms with van der Waals surface area (Å²) in [4.78, 5) is 2.05. The minimum Gasteiger partial charge on any atom is -0.303 e. The molecule has 0 saturated heterocycles. The maximum absolute atomic E-state index is 11.5. The van der Waals surface area contributed by atoms with Crippen molar-refractivity contribution >= 4 is 10.0 Å². The van der Waals surface area contributed by atoms with Crippen LogP contribution in [0.15, 0.2) is 0 Å². The van der Waals surface area contributed by atoms with Gasteiger partial charge in [0.15, 0.2) is 0 Å². The van der Waals surface area contributed by atoms with Gasteiger partial charge >= 0.3 is 0 Å². The van der Waals surface area contributed by atoms with Crippen molar-refractivity contribution in [1.29, 1.82) is 0 Å². The molecule has 0 bridgehead atoms. The van der Waals surface area contributed by atoms with Crippen molar-refractivity contribution in [2.45, 2.75) is 19.5 Å². The minimum atomic E-state index is -3.11. The molecule has 2 heterocycles. The van der Waals surface area contributed by atoms with Crippen LogP contribution < -0.4 is 0 Å². The van der Waals surface area contributed by atoms with E-state index in [-0.39, 0.29) is 0 Å². The van der Waals surface area contributed by atoms with Crippen LogP contribution in [0.4, 0.5) is 0 Å². The quantitative estimate of drug-likeness (QED) is 0.814. The third kappa shape index (κ3) is 2.67. The molecule has 0 aromatic carbocycles. The largest absolute Gasteiger partial charge is 0.303 e. The van der Waals surface area contributed by atoms with E-state index in [0.717, 1.165) is 24.4 Å². The fourth-order valence-electron chi connectivity index (χ4n) is 2.08. The Kier molecular flexibility index (Phi) is 3.24. The summed E-state index contributed by atoms with van der Waals surface area (Å²) in [5.41, 5.74) is 3.13. The number of rotatable bonds is 3. The summed E-state index contributed by atoms with van der Waals surface area (Å²) in [7, 11) is 0.878. The van der Waals surface area contributed by atoms with E-state index in [1.807, 2.05) is 14.1 Å². The zero-order chi connectivity index (χ0) is 12.6. The topological polar surface area (TPSA) is 69.3 Å². The summed E-state index contributed by atoms with van der Waals surface area (Å²) >= 11 is 0. The van der Waals surface area contributed by atoms with Gasteiger partial charge in [0.05, 0.1) is 24.2 Å². The molecular weight excluding hydrogens is 240 g/mol. The van der Waals surface area contributed by atoms with Gasteiger partial charge in [-0.3, -0.25) is 5.10 Å². The summed E-state index contributed by atoms with van der Waals surface area (Å²) in [5, 5.41) is 7.22. The van der Waals surface area contributed by atoms with Crippen LogP contribution >= 0.6 is 0 Å². The Labute approximate surface area is 102 Å². The highest BCUT2D eigenvalue weighted by molar-refractivity contribution is 7.88. The van der Waals surface area contributed by atoms with Gasteiger partial charge < -0.3 is 4.90 Å². The maximum Gasteiger partial charge on any atom is 0.211 e. The molecule has 17 heavy (non-hydrogen) atoms. The zero-order valence-corrected chi connectivity index (χ0v) is 11.2. The summed E-state index contributed by atoms with van der Waals surface area (Å²) in [5.74, 6) is 0. The normalized spacial score (nSPS) is 17.4. The molecule has 0 aliphatic carbocycles. The van der Waals surface area contributed by atoms with Gasteiger partial charge in [0, 0.05) is 18.7 Å². The molecular formula is C10H18N4O2S. The Morgan fingerprint density at radius 2 is 2.18 bits per heavy atom. The molecule has 0 spiro atoms. The van der Waals surface area contributed by atoms with Crippen molar-refractivity contribution in [2.24, 2.45) is 0 Å². The lowest BCUT2D eigenvalue weighted by molar-refractivity contribution is 0.381. The van der Waals surface area contributed by atoms with Crippen LogP contribution in [-0.2, 0) is 29.5 Å². The van der Waals surface area contributed by atoms with E-state index in [9.17, 15) is 8.42 Å². The molecule has 2 rings (SSSR count). The highest BCUT2D eigenvalue weighted by atomic mass is 32.2. The molecule has 0 atom stereocenters. The first-order chi connectivity index (χ1) is 7.88. The summed E-state index contributed by atoms with van der Waals surface area (Å²) in [6.07, 6.45) is 1.98. The van der Waals surface area contributed by atoms with Crippen molar-refractivity contribution in [1.82, 2.24) is 19.4 Å². The first-order valence-corrected chi connectivity index (χ1v) is 7.37. The lowest BCUT2D eigenvalue weighted by Gasteiger charge is -2.24. The molecule has 96 valence electrons. The number of sulfonamides is 1. The number of hydrogen-bond acceptors (Lipinski definition) is 4. The molecule has 0 fully saturated rings. The highest BCUT2D eigenvalue weighted by Gasteiger charge is 2.26. The monoisotopic (exact) mass is 258 g/mol. The lowest BCUT2D eigenvalue weighted by atomic mass is 10.1. The minimum absolute atomic E-state index is 0.411. The van der Waals surface area contributed by atoms with E-state index >= 15 is 0 Å². The van der Waals surface area contributed by atoms with Gasteiger partial charge in [-0.2, -0.15) is 9.40 Å². The number of hydrogen-bond donors (Lipinski definition) is 1. The molecule has 1 aromatic rings. The van der Waals surface area contributed by atoms with Gasteiger partial charge in [-0.15, -0.1) is 0 Å². The second-order valence-electron chi connectivity index (χ2n) is 4.71. The number of nitrogens with one attached hydrogen (secondary N) is 1. The Morgan fingerprint density at radius 1 is 1.47 bits per heavy atom. The third-order valence-electron chi connectivity index (χ3n) is 2.92. The summed E-state index contributed by atoms with van der Waals surface area (Å²) in [6, 6.07) is 0. The molecule has 0 radical (unpaired) electrons. The van der Waals surface area contributed by atoms with E-state index in [0.29, 0.717) is 13.1 Å². The van der Waals surface area contributed by atoms with Crippen LogP contribution in [0.5, 0.6) is 0 Å². The maximum atomic E-state index is 11.5. The second kappa shape index (κ2) is 4.40. The number of H-pyrrole nitrogens is 1. The standard InChI is InChI=1S/C10H18N4O2S/c1-13(2)6-9-8-4-5-14(17(3,15)16)7-10(8)12-11-9/h4-7H2,1-3H3,(H,11,12). The van der Waals surface area contributed by atoms with Crippen LogP contribution in [-0.4, -0.2) is 54.7 Å². The first-order valence-electron chi connectivity index (χ1n) is 5.53. The third-order valence-corrected chi connectivity index (χ3v) is 4.17. The SMILES string of the molecule is CN(C)Cc1n[nH]c2c1CCN(S(C)(=O)=O)C2. The molecule has 0 unspecified atom stereocenters. The second-order valence-corrected chi connectivity index (χ2v) is 6.69. The fraction of sp³-hybridized carbons (Fsp3) is 0.700. The Bertz CT molecular complexity index is 506. The first kappa shape index (κ1) is 12.5. The Hall–Kier alpha value is -0.920. The molecule has 1 aromatic heterocycles. The van der Waals surface area contributed by atoms with Crippen LogP contribution in [0.2, 0.25) is 0 Å². The average molecular weight is 258 g/mol. The van der Waals surface area contributed by atoms with Gasteiger partial charge in [-0.1, -0.05) is 0 Å². The van der Waals surface area contributed by atoms with Gasteiger partial charge in [-0.25, -0.2) is 8.42 Å². The van der Waals surface area contributed by atoms with Crippen molar-refractivity contribution < 1.29 is 8.42 Å². The molecule has 7 heteroatoms. The molecule has 1 aliphatic rings. The molecule has 0 saturated carbocycles. The van der Waals surface area contributed by atoms with Crippen molar-refractivity contribution in [2.75, 3.05) is 26.9 Å². The van der Waals surface area contributed by atoms with E-state index < -0.39 is 10.0 Å². The predicted octanol–water partition coefficient (Wildman–Crippen LogP) is -0.211. The Morgan fingerprint density at radius 3 is 2.76 bits per heavy atom. The van der Waals surface area contributed by atoms with E-state index in [1.54, 1.807) is 0 Å². The van der Waals surface area contributed by atoms with Gasteiger partial charge in [-0.05, 0) is 20.5 Å². The van der Waals surface area contributed by atoms with Crippen LogP contribution in [0.25, 0.3) is 0 Å². The summed E-state index contributed by atoms with van der Waals surface area (Å²) in [6.45, 7) is 1.74.